The molecule has 0 spiro atoms. The van der Waals surface area contributed by atoms with Gasteiger partial charge in [0, 0.05) is 48.7 Å². The summed E-state index contributed by atoms with van der Waals surface area (Å²) in [5.41, 5.74) is 0.984. The summed E-state index contributed by atoms with van der Waals surface area (Å²) in [4.78, 5) is 35.0. The summed E-state index contributed by atoms with van der Waals surface area (Å²) < 4.78 is 5.28. The van der Waals surface area contributed by atoms with Crippen LogP contribution in [0.2, 0.25) is 0 Å². The maximum atomic E-state index is 12.8. The molecule has 3 aromatic rings. The van der Waals surface area contributed by atoms with Crippen LogP contribution >= 0.6 is 11.3 Å². The highest BCUT2D eigenvalue weighted by Gasteiger charge is 2.30. The molecule has 138 valence electrons. The molecule has 27 heavy (non-hydrogen) atoms. The first-order chi connectivity index (χ1) is 13.2. The highest BCUT2D eigenvalue weighted by Crippen LogP contribution is 2.23. The predicted octanol–water partition coefficient (Wildman–Crippen LogP) is 2.68. The van der Waals surface area contributed by atoms with Crippen LogP contribution in [0.4, 0.5) is 5.13 Å². The summed E-state index contributed by atoms with van der Waals surface area (Å²) in [6, 6.07) is 5.23. The van der Waals surface area contributed by atoms with Crippen LogP contribution in [0.1, 0.15) is 23.3 Å². The van der Waals surface area contributed by atoms with Crippen molar-refractivity contribution in [3.8, 4) is 11.3 Å². The maximum Gasteiger partial charge on any atom is 0.276 e. The summed E-state index contributed by atoms with van der Waals surface area (Å²) in [5, 5.41) is 9.07. The second-order valence-corrected chi connectivity index (χ2v) is 7.13. The van der Waals surface area contributed by atoms with Gasteiger partial charge >= 0.3 is 0 Å². The fourth-order valence-electron chi connectivity index (χ4n) is 3.05. The Kier molecular flexibility index (Phi) is 4.93. The summed E-state index contributed by atoms with van der Waals surface area (Å²) >= 11 is 1.37. The van der Waals surface area contributed by atoms with E-state index in [9.17, 15) is 9.59 Å². The SMILES string of the molecule is O=C(Nc1nccs1)C1CCCN(C(=O)c2cc(-c3cccnc3)on2)C1. The van der Waals surface area contributed by atoms with E-state index in [1.807, 2.05) is 6.07 Å². The quantitative estimate of drug-likeness (QED) is 0.743. The average Bonchev–Trinajstić information content (AvgIpc) is 3.40. The average molecular weight is 383 g/mol. The van der Waals surface area contributed by atoms with Crippen LogP contribution < -0.4 is 5.32 Å². The van der Waals surface area contributed by atoms with Crippen LogP contribution in [0.25, 0.3) is 11.3 Å². The predicted molar refractivity (Wildman–Crippen MR) is 99.1 cm³/mol. The number of pyridine rings is 1. The van der Waals surface area contributed by atoms with Gasteiger partial charge in [0.1, 0.15) is 0 Å². The number of anilines is 1. The van der Waals surface area contributed by atoms with E-state index in [-0.39, 0.29) is 23.4 Å². The van der Waals surface area contributed by atoms with Gasteiger partial charge in [-0.3, -0.25) is 14.6 Å². The number of nitrogens with zero attached hydrogens (tertiary/aromatic N) is 4. The lowest BCUT2D eigenvalue weighted by atomic mass is 9.97. The largest absolute Gasteiger partial charge is 0.355 e. The molecular formula is C18H17N5O3S. The molecule has 0 saturated carbocycles. The van der Waals surface area contributed by atoms with Crippen LogP contribution in [0, 0.1) is 5.92 Å². The number of rotatable bonds is 4. The molecule has 1 saturated heterocycles. The van der Waals surface area contributed by atoms with Gasteiger partial charge in [-0.2, -0.15) is 0 Å². The third-order valence-electron chi connectivity index (χ3n) is 4.42. The van der Waals surface area contributed by atoms with Gasteiger partial charge in [0.25, 0.3) is 5.91 Å². The van der Waals surface area contributed by atoms with E-state index in [1.54, 1.807) is 41.0 Å². The second kappa shape index (κ2) is 7.67. The van der Waals surface area contributed by atoms with Gasteiger partial charge in [-0.1, -0.05) is 5.16 Å². The van der Waals surface area contributed by atoms with E-state index in [0.717, 1.165) is 18.4 Å². The van der Waals surface area contributed by atoms with Gasteiger partial charge in [-0.05, 0) is 25.0 Å². The Labute approximate surface area is 159 Å². The molecule has 9 heteroatoms. The molecule has 1 aliphatic rings. The van der Waals surface area contributed by atoms with E-state index < -0.39 is 0 Å². The Hall–Kier alpha value is -3.07. The third kappa shape index (κ3) is 3.87. The van der Waals surface area contributed by atoms with Crippen molar-refractivity contribution in [2.24, 2.45) is 5.92 Å². The number of carbonyl (C=O) groups excluding carboxylic acids is 2. The minimum atomic E-state index is -0.267. The molecule has 0 radical (unpaired) electrons. The van der Waals surface area contributed by atoms with Crippen LogP contribution in [0.3, 0.4) is 0 Å². The van der Waals surface area contributed by atoms with Gasteiger partial charge in [0.05, 0.1) is 5.92 Å². The minimum absolute atomic E-state index is 0.112. The summed E-state index contributed by atoms with van der Waals surface area (Å²) in [7, 11) is 0. The van der Waals surface area contributed by atoms with Crippen molar-refractivity contribution in [2.75, 3.05) is 18.4 Å². The molecule has 1 atom stereocenters. The zero-order chi connectivity index (χ0) is 18.6. The lowest BCUT2D eigenvalue weighted by molar-refractivity contribution is -0.121. The van der Waals surface area contributed by atoms with Crippen LogP contribution in [-0.2, 0) is 4.79 Å². The number of amides is 2. The van der Waals surface area contributed by atoms with E-state index in [2.05, 4.69) is 20.4 Å². The number of carbonyl (C=O) groups is 2. The second-order valence-electron chi connectivity index (χ2n) is 6.23. The first-order valence-corrected chi connectivity index (χ1v) is 9.45. The van der Waals surface area contributed by atoms with Gasteiger partial charge in [-0.25, -0.2) is 4.98 Å². The fraction of sp³-hybridized carbons (Fsp3) is 0.278. The number of hydrogen-bond donors (Lipinski definition) is 1. The Morgan fingerprint density at radius 3 is 3.04 bits per heavy atom. The van der Waals surface area contributed by atoms with Crippen molar-refractivity contribution in [1.82, 2.24) is 20.0 Å². The van der Waals surface area contributed by atoms with E-state index >= 15 is 0 Å². The van der Waals surface area contributed by atoms with Gasteiger partial charge < -0.3 is 14.7 Å². The Morgan fingerprint density at radius 1 is 1.33 bits per heavy atom. The van der Waals surface area contributed by atoms with Crippen LogP contribution in [0.15, 0.2) is 46.7 Å². The molecule has 1 N–H and O–H groups in total. The van der Waals surface area contributed by atoms with Crippen molar-refractivity contribution in [3.05, 3.63) is 47.9 Å². The molecule has 1 aliphatic heterocycles. The third-order valence-corrected chi connectivity index (χ3v) is 5.11. The number of aromatic nitrogens is 3. The molecule has 4 heterocycles. The number of nitrogens with one attached hydrogen (secondary N) is 1. The Bertz CT molecular complexity index is 926. The summed E-state index contributed by atoms with van der Waals surface area (Å²) in [6.07, 6.45) is 6.45. The molecular weight excluding hydrogens is 366 g/mol. The minimum Gasteiger partial charge on any atom is -0.355 e. The highest BCUT2D eigenvalue weighted by molar-refractivity contribution is 7.13. The molecule has 4 rings (SSSR count). The normalized spacial score (nSPS) is 16.9. The van der Waals surface area contributed by atoms with E-state index in [0.29, 0.717) is 24.0 Å². The van der Waals surface area contributed by atoms with Gasteiger partial charge in [0.2, 0.25) is 5.91 Å². The molecule has 3 aromatic heterocycles. The monoisotopic (exact) mass is 383 g/mol. The fourth-order valence-corrected chi connectivity index (χ4v) is 3.58. The topological polar surface area (TPSA) is 101 Å². The zero-order valence-electron chi connectivity index (χ0n) is 14.4. The number of thiazole rings is 1. The summed E-state index contributed by atoms with van der Waals surface area (Å²) in [6.45, 7) is 0.945. The molecule has 0 bridgehead atoms. The highest BCUT2D eigenvalue weighted by atomic mass is 32.1. The maximum absolute atomic E-state index is 12.8. The van der Waals surface area contributed by atoms with Gasteiger partial charge in [0.15, 0.2) is 16.6 Å². The van der Waals surface area contributed by atoms with Crippen molar-refractivity contribution < 1.29 is 14.1 Å². The smallest absolute Gasteiger partial charge is 0.276 e. The first kappa shape index (κ1) is 17.3. The molecule has 8 nitrogen and oxygen atoms in total. The van der Waals surface area contributed by atoms with Crippen molar-refractivity contribution >= 4 is 28.3 Å². The lowest BCUT2D eigenvalue weighted by Crippen LogP contribution is -2.43. The Morgan fingerprint density at radius 2 is 2.26 bits per heavy atom. The van der Waals surface area contributed by atoms with E-state index in [1.165, 1.54) is 11.3 Å². The Balaban J connectivity index is 1.43. The molecule has 1 fully saturated rings. The molecule has 0 aliphatic carbocycles. The van der Waals surface area contributed by atoms with Crippen molar-refractivity contribution in [2.45, 2.75) is 12.8 Å². The van der Waals surface area contributed by atoms with Crippen LogP contribution in [-0.4, -0.2) is 44.9 Å². The standard InChI is InChI=1S/C18H17N5O3S/c24-16(21-18-20-6-8-27-18)13-4-2-7-23(11-13)17(25)14-9-15(26-22-14)12-3-1-5-19-10-12/h1,3,5-6,8-10,13H,2,4,7,11H2,(H,20,21,24). The zero-order valence-corrected chi connectivity index (χ0v) is 15.2. The summed E-state index contributed by atoms with van der Waals surface area (Å²) in [5.74, 6) is -0.128. The molecule has 2 amide bonds. The van der Waals surface area contributed by atoms with Gasteiger partial charge in [-0.15, -0.1) is 11.3 Å². The molecule has 1 unspecified atom stereocenters. The van der Waals surface area contributed by atoms with Crippen molar-refractivity contribution in [1.29, 1.82) is 0 Å². The van der Waals surface area contributed by atoms with Crippen LogP contribution in [0.5, 0.6) is 0 Å². The van der Waals surface area contributed by atoms with E-state index in [4.69, 9.17) is 4.52 Å². The number of piperidine rings is 1. The number of likely N-dealkylation sites (tertiary alicyclic amines) is 1. The molecule has 0 aromatic carbocycles. The number of hydrogen-bond acceptors (Lipinski definition) is 7. The lowest BCUT2D eigenvalue weighted by Gasteiger charge is -2.31. The van der Waals surface area contributed by atoms with Crippen molar-refractivity contribution in [3.63, 3.8) is 0 Å². The first-order valence-electron chi connectivity index (χ1n) is 8.57.